The Hall–Kier alpha value is -1.17. The summed E-state index contributed by atoms with van der Waals surface area (Å²) in [5, 5.41) is 6.86. The number of amides is 1. The van der Waals surface area contributed by atoms with Crippen molar-refractivity contribution in [2.45, 2.75) is 50.6 Å². The van der Waals surface area contributed by atoms with Crippen LogP contribution in [0.2, 0.25) is 0 Å². The van der Waals surface area contributed by atoms with Crippen molar-refractivity contribution < 1.29 is 9.53 Å². The Bertz CT molecular complexity index is 634. The van der Waals surface area contributed by atoms with Crippen molar-refractivity contribution in [3.8, 4) is 5.75 Å². The highest BCUT2D eigenvalue weighted by atomic mass is 35.5. The Kier molecular flexibility index (Phi) is 8.72. The first kappa shape index (κ1) is 23.1. The van der Waals surface area contributed by atoms with E-state index in [0.29, 0.717) is 30.3 Å². The molecule has 3 heterocycles. The number of hydrogen-bond acceptors (Lipinski definition) is 4. The van der Waals surface area contributed by atoms with E-state index in [-0.39, 0.29) is 30.7 Å². The van der Waals surface area contributed by atoms with Crippen molar-refractivity contribution in [2.75, 3.05) is 31.6 Å². The lowest BCUT2D eigenvalue weighted by Gasteiger charge is -2.28. The van der Waals surface area contributed by atoms with Gasteiger partial charge in [-0.1, -0.05) is 6.07 Å². The fraction of sp³-hybridized carbons (Fsp3) is 0.667. The normalized spacial score (nSPS) is 28.2. The number of halogens is 2. The molecule has 2 N–H and O–H groups in total. The zero-order valence-electron chi connectivity index (χ0n) is 16.6. The van der Waals surface area contributed by atoms with Crippen LogP contribution in [0.1, 0.15) is 38.5 Å². The second-order valence-electron chi connectivity index (χ2n) is 8.29. The van der Waals surface area contributed by atoms with Crippen LogP contribution in [0, 0.1) is 11.8 Å². The molecule has 0 saturated carbocycles. The third-order valence-corrected chi connectivity index (χ3v) is 6.34. The van der Waals surface area contributed by atoms with Gasteiger partial charge in [-0.05, 0) is 56.1 Å². The van der Waals surface area contributed by atoms with E-state index in [2.05, 4.69) is 27.7 Å². The van der Waals surface area contributed by atoms with Gasteiger partial charge in [0.15, 0.2) is 0 Å². The first-order valence-corrected chi connectivity index (χ1v) is 10.1. The number of piperidine rings is 1. The highest BCUT2D eigenvalue weighted by molar-refractivity contribution is 5.85. The summed E-state index contributed by atoms with van der Waals surface area (Å²) in [5.41, 5.74) is 1.21. The molecule has 0 spiro atoms. The van der Waals surface area contributed by atoms with Crippen LogP contribution in [0.3, 0.4) is 0 Å². The molecule has 0 radical (unpaired) electrons. The smallest absolute Gasteiger partial charge is 0.220 e. The molecule has 1 aromatic carbocycles. The number of nitrogens with zero attached hydrogens (tertiary/aromatic N) is 1. The van der Waals surface area contributed by atoms with E-state index in [1.807, 2.05) is 12.1 Å². The number of carbonyl (C=O) groups is 1. The predicted octanol–water partition coefficient (Wildman–Crippen LogP) is 3.40. The minimum Gasteiger partial charge on any atom is -0.497 e. The third kappa shape index (κ3) is 5.68. The summed E-state index contributed by atoms with van der Waals surface area (Å²) in [6, 6.07) is 9.57. The number of methoxy groups -OCH3 is 1. The van der Waals surface area contributed by atoms with Crippen molar-refractivity contribution >= 4 is 36.4 Å². The van der Waals surface area contributed by atoms with Gasteiger partial charge in [0.2, 0.25) is 5.91 Å². The Balaban J connectivity index is 0.00000140. The minimum absolute atomic E-state index is 0. The van der Waals surface area contributed by atoms with E-state index in [1.165, 1.54) is 31.4 Å². The van der Waals surface area contributed by atoms with Crippen LogP contribution < -0.4 is 20.3 Å². The first-order chi connectivity index (χ1) is 12.7. The summed E-state index contributed by atoms with van der Waals surface area (Å²) in [4.78, 5) is 14.8. The van der Waals surface area contributed by atoms with Crippen molar-refractivity contribution in [3.63, 3.8) is 0 Å². The number of carbonyl (C=O) groups excluding carboxylic acids is 1. The molecule has 7 heteroatoms. The number of nitrogens with one attached hydrogen (secondary N) is 2. The lowest BCUT2D eigenvalue weighted by atomic mass is 9.89. The van der Waals surface area contributed by atoms with Gasteiger partial charge >= 0.3 is 0 Å². The second-order valence-corrected chi connectivity index (χ2v) is 8.29. The van der Waals surface area contributed by atoms with Gasteiger partial charge in [0.1, 0.15) is 5.75 Å². The number of rotatable bonds is 6. The van der Waals surface area contributed by atoms with Crippen LogP contribution in [0.4, 0.5) is 5.69 Å². The fourth-order valence-electron chi connectivity index (χ4n) is 4.98. The fourth-order valence-corrected chi connectivity index (χ4v) is 4.98. The van der Waals surface area contributed by atoms with Crippen molar-refractivity contribution in [1.29, 1.82) is 0 Å². The molecule has 1 amide bonds. The second kappa shape index (κ2) is 10.6. The predicted molar refractivity (Wildman–Crippen MR) is 118 cm³/mol. The van der Waals surface area contributed by atoms with Gasteiger partial charge < -0.3 is 20.3 Å². The van der Waals surface area contributed by atoms with Gasteiger partial charge in [0.25, 0.3) is 0 Å². The molecule has 1 aromatic rings. The molecule has 0 aliphatic carbocycles. The van der Waals surface area contributed by atoms with Gasteiger partial charge in [-0.15, -0.1) is 24.8 Å². The zero-order chi connectivity index (χ0) is 17.9. The molecule has 3 fully saturated rings. The molecule has 158 valence electrons. The third-order valence-electron chi connectivity index (χ3n) is 6.34. The number of hydrogen-bond donors (Lipinski definition) is 2. The molecule has 4 rings (SSSR count). The highest BCUT2D eigenvalue weighted by Gasteiger charge is 2.34. The summed E-state index contributed by atoms with van der Waals surface area (Å²) in [7, 11) is 1.70. The standard InChI is InChI=1S/C21H31N3O2.2ClH/c1-26-20-4-2-3-19(12-20)24-8-7-15(14-24)13-22-21(25)11-16-9-17-5-6-18(10-16)23-17;;/h2-4,12,15-18,23H,5-11,13-14H2,1H3,(H,22,25);2*1H. The van der Waals surface area contributed by atoms with E-state index in [4.69, 9.17) is 4.74 Å². The molecule has 3 aliphatic rings. The van der Waals surface area contributed by atoms with Gasteiger partial charge in [-0.3, -0.25) is 4.79 Å². The van der Waals surface area contributed by atoms with Crippen LogP contribution in [0.15, 0.2) is 24.3 Å². The van der Waals surface area contributed by atoms with E-state index in [0.717, 1.165) is 31.8 Å². The van der Waals surface area contributed by atoms with E-state index >= 15 is 0 Å². The summed E-state index contributed by atoms with van der Waals surface area (Å²) in [5.74, 6) is 2.26. The number of fused-ring (bicyclic) bond motifs is 2. The molecule has 3 aliphatic heterocycles. The highest BCUT2D eigenvalue weighted by Crippen LogP contribution is 2.32. The van der Waals surface area contributed by atoms with E-state index < -0.39 is 0 Å². The number of anilines is 1. The maximum absolute atomic E-state index is 12.4. The maximum atomic E-state index is 12.4. The number of ether oxygens (including phenoxy) is 1. The van der Waals surface area contributed by atoms with Crippen molar-refractivity contribution in [1.82, 2.24) is 10.6 Å². The van der Waals surface area contributed by atoms with Crippen LogP contribution in [-0.2, 0) is 4.79 Å². The summed E-state index contributed by atoms with van der Waals surface area (Å²) in [6.45, 7) is 2.85. The Morgan fingerprint density at radius 2 is 1.93 bits per heavy atom. The molecular formula is C21H33Cl2N3O2. The number of benzene rings is 1. The van der Waals surface area contributed by atoms with Crippen LogP contribution >= 0.6 is 24.8 Å². The lowest BCUT2D eigenvalue weighted by molar-refractivity contribution is -0.122. The molecule has 3 saturated heterocycles. The van der Waals surface area contributed by atoms with Crippen LogP contribution in [0.25, 0.3) is 0 Å². The zero-order valence-corrected chi connectivity index (χ0v) is 18.2. The van der Waals surface area contributed by atoms with Gasteiger partial charge in [0, 0.05) is 49.9 Å². The largest absolute Gasteiger partial charge is 0.497 e. The SMILES string of the molecule is COc1cccc(N2CCC(CNC(=O)CC3CC4CCC(C3)N4)C2)c1.Cl.Cl. The first-order valence-electron chi connectivity index (χ1n) is 10.1. The Morgan fingerprint density at radius 3 is 2.64 bits per heavy atom. The topological polar surface area (TPSA) is 53.6 Å². The van der Waals surface area contributed by atoms with Crippen LogP contribution in [-0.4, -0.2) is 44.7 Å². The van der Waals surface area contributed by atoms with Gasteiger partial charge in [-0.25, -0.2) is 0 Å². The summed E-state index contributed by atoms with van der Waals surface area (Å²) >= 11 is 0. The summed E-state index contributed by atoms with van der Waals surface area (Å²) in [6.07, 6.45) is 6.79. The Morgan fingerprint density at radius 1 is 1.18 bits per heavy atom. The molecule has 3 unspecified atom stereocenters. The molecule has 3 atom stereocenters. The molecule has 28 heavy (non-hydrogen) atoms. The molecule has 2 bridgehead atoms. The average Bonchev–Trinajstić information content (AvgIpc) is 3.26. The molecular weight excluding hydrogens is 397 g/mol. The minimum atomic E-state index is 0. The van der Waals surface area contributed by atoms with E-state index in [9.17, 15) is 4.79 Å². The average molecular weight is 430 g/mol. The van der Waals surface area contributed by atoms with Gasteiger partial charge in [0.05, 0.1) is 7.11 Å². The quantitative estimate of drug-likeness (QED) is 0.727. The monoisotopic (exact) mass is 429 g/mol. The van der Waals surface area contributed by atoms with Gasteiger partial charge in [-0.2, -0.15) is 0 Å². The lowest BCUT2D eigenvalue weighted by Crippen LogP contribution is -2.40. The summed E-state index contributed by atoms with van der Waals surface area (Å²) < 4.78 is 5.32. The maximum Gasteiger partial charge on any atom is 0.220 e. The molecule has 0 aromatic heterocycles. The van der Waals surface area contributed by atoms with Crippen LogP contribution in [0.5, 0.6) is 5.75 Å². The molecule has 5 nitrogen and oxygen atoms in total. The Labute approximate surface area is 180 Å². The van der Waals surface area contributed by atoms with Crippen molar-refractivity contribution in [2.24, 2.45) is 11.8 Å². The van der Waals surface area contributed by atoms with Crippen molar-refractivity contribution in [3.05, 3.63) is 24.3 Å². The van der Waals surface area contributed by atoms with E-state index in [1.54, 1.807) is 7.11 Å².